The monoisotopic (exact) mass is 223 g/mol. The van der Waals surface area contributed by atoms with Crippen molar-refractivity contribution >= 4 is 11.4 Å². The minimum absolute atomic E-state index is 0.0842. The van der Waals surface area contributed by atoms with E-state index >= 15 is 0 Å². The molecule has 0 radical (unpaired) electrons. The molecule has 0 atom stereocenters. The van der Waals surface area contributed by atoms with Crippen molar-refractivity contribution in [2.75, 3.05) is 11.9 Å². The molecule has 3 N–H and O–H groups in total. The molecule has 0 heterocycles. The summed E-state index contributed by atoms with van der Waals surface area (Å²) in [5.74, 6) is 0. The lowest BCUT2D eigenvalue weighted by molar-refractivity contribution is -0.384. The Bertz CT molecular complexity index is 402. The third-order valence-corrected chi connectivity index (χ3v) is 2.42. The van der Waals surface area contributed by atoms with Gasteiger partial charge in [0.1, 0.15) is 0 Å². The first-order valence-corrected chi connectivity index (χ1v) is 5.09. The van der Waals surface area contributed by atoms with E-state index in [0.29, 0.717) is 6.54 Å². The van der Waals surface area contributed by atoms with E-state index in [2.05, 4.69) is 5.32 Å². The quantitative estimate of drug-likeness (QED) is 0.604. The van der Waals surface area contributed by atoms with Crippen molar-refractivity contribution in [3.05, 3.63) is 33.9 Å². The van der Waals surface area contributed by atoms with Crippen molar-refractivity contribution in [3.8, 4) is 0 Å². The summed E-state index contributed by atoms with van der Waals surface area (Å²) < 4.78 is 0. The molecule has 5 nitrogen and oxygen atoms in total. The summed E-state index contributed by atoms with van der Waals surface area (Å²) >= 11 is 0. The van der Waals surface area contributed by atoms with E-state index in [1.54, 1.807) is 6.07 Å². The molecular formula is C11H17N3O2. The predicted molar refractivity (Wildman–Crippen MR) is 64.6 cm³/mol. The highest BCUT2D eigenvalue weighted by atomic mass is 16.6. The van der Waals surface area contributed by atoms with Crippen LogP contribution in [0.15, 0.2) is 18.2 Å². The lowest BCUT2D eigenvalue weighted by atomic mass is 10.0. The Hall–Kier alpha value is -1.62. The number of rotatable bonds is 4. The number of hydrogen-bond donors (Lipinski definition) is 2. The van der Waals surface area contributed by atoms with Gasteiger partial charge in [-0.2, -0.15) is 0 Å². The fraction of sp³-hybridized carbons (Fsp3) is 0.455. The molecule has 0 bridgehead atoms. The van der Waals surface area contributed by atoms with E-state index < -0.39 is 4.92 Å². The van der Waals surface area contributed by atoms with Gasteiger partial charge in [0.2, 0.25) is 0 Å². The molecular weight excluding hydrogens is 206 g/mol. The molecule has 0 unspecified atom stereocenters. The first kappa shape index (κ1) is 12.4. The van der Waals surface area contributed by atoms with E-state index in [9.17, 15) is 10.1 Å². The second kappa shape index (κ2) is 4.49. The van der Waals surface area contributed by atoms with Crippen LogP contribution in [0.2, 0.25) is 0 Å². The summed E-state index contributed by atoms with van der Waals surface area (Å²) in [6, 6.07) is 4.76. The number of hydrogen-bond acceptors (Lipinski definition) is 4. The normalized spacial score (nSPS) is 11.2. The Morgan fingerprint density at radius 3 is 2.62 bits per heavy atom. The SMILES string of the molecule is Cc1ccc([N+](=O)[O-])cc1NC(C)(C)CN. The molecule has 0 aliphatic rings. The maximum absolute atomic E-state index is 10.7. The maximum atomic E-state index is 10.7. The summed E-state index contributed by atoms with van der Waals surface area (Å²) in [5.41, 5.74) is 7.13. The zero-order chi connectivity index (χ0) is 12.3. The first-order chi connectivity index (χ1) is 7.35. The third kappa shape index (κ3) is 2.93. The molecule has 0 aliphatic heterocycles. The summed E-state index contributed by atoms with van der Waals surface area (Å²) in [4.78, 5) is 10.2. The fourth-order valence-electron chi connectivity index (χ4n) is 1.27. The molecule has 0 saturated carbocycles. The highest BCUT2D eigenvalue weighted by Crippen LogP contribution is 2.24. The largest absolute Gasteiger partial charge is 0.378 e. The van der Waals surface area contributed by atoms with E-state index in [0.717, 1.165) is 11.3 Å². The summed E-state index contributed by atoms with van der Waals surface area (Å²) in [5, 5.41) is 13.9. The van der Waals surface area contributed by atoms with Crippen LogP contribution in [-0.4, -0.2) is 17.0 Å². The van der Waals surface area contributed by atoms with Gasteiger partial charge in [-0.1, -0.05) is 6.07 Å². The minimum atomic E-state index is -0.403. The maximum Gasteiger partial charge on any atom is 0.271 e. The number of nitro groups is 1. The van der Waals surface area contributed by atoms with Gasteiger partial charge in [0.25, 0.3) is 5.69 Å². The predicted octanol–water partition coefficient (Wildman–Crippen LogP) is 2.05. The number of benzene rings is 1. The lowest BCUT2D eigenvalue weighted by Crippen LogP contribution is -2.39. The standard InChI is InChI=1S/C11H17N3O2/c1-8-4-5-9(14(15)16)6-10(8)13-11(2,3)7-12/h4-6,13H,7,12H2,1-3H3. The van der Waals surface area contributed by atoms with Gasteiger partial charge >= 0.3 is 0 Å². The number of nitrogens with zero attached hydrogens (tertiary/aromatic N) is 1. The number of aryl methyl sites for hydroxylation is 1. The highest BCUT2D eigenvalue weighted by molar-refractivity contribution is 5.58. The van der Waals surface area contributed by atoms with Crippen LogP contribution in [0.3, 0.4) is 0 Å². The molecule has 0 fully saturated rings. The van der Waals surface area contributed by atoms with Crippen molar-refractivity contribution in [3.63, 3.8) is 0 Å². The number of non-ortho nitro benzene ring substituents is 1. The van der Waals surface area contributed by atoms with Crippen molar-refractivity contribution in [1.82, 2.24) is 0 Å². The molecule has 5 heteroatoms. The van der Waals surface area contributed by atoms with Gasteiger partial charge in [-0.25, -0.2) is 0 Å². The van der Waals surface area contributed by atoms with Crippen LogP contribution in [-0.2, 0) is 0 Å². The van der Waals surface area contributed by atoms with Gasteiger partial charge in [0.05, 0.1) is 4.92 Å². The molecule has 1 rings (SSSR count). The van der Waals surface area contributed by atoms with E-state index in [-0.39, 0.29) is 11.2 Å². The number of nitrogens with one attached hydrogen (secondary N) is 1. The van der Waals surface area contributed by atoms with Crippen LogP contribution in [0.25, 0.3) is 0 Å². The minimum Gasteiger partial charge on any atom is -0.378 e. The average Bonchev–Trinajstić information content (AvgIpc) is 2.21. The van der Waals surface area contributed by atoms with Crippen molar-refractivity contribution in [2.24, 2.45) is 5.73 Å². The average molecular weight is 223 g/mol. The van der Waals surface area contributed by atoms with Crippen molar-refractivity contribution in [2.45, 2.75) is 26.3 Å². The Morgan fingerprint density at radius 1 is 1.50 bits per heavy atom. The van der Waals surface area contributed by atoms with Crippen LogP contribution >= 0.6 is 0 Å². The second-order valence-corrected chi connectivity index (χ2v) is 4.47. The van der Waals surface area contributed by atoms with E-state index in [1.807, 2.05) is 20.8 Å². The molecule has 0 aromatic heterocycles. The topological polar surface area (TPSA) is 81.2 Å². The first-order valence-electron chi connectivity index (χ1n) is 5.09. The summed E-state index contributed by atoms with van der Waals surface area (Å²) in [7, 11) is 0. The van der Waals surface area contributed by atoms with Gasteiger partial charge < -0.3 is 11.1 Å². The molecule has 1 aromatic carbocycles. The molecule has 0 spiro atoms. The van der Waals surface area contributed by atoms with Gasteiger partial charge in [-0.15, -0.1) is 0 Å². The zero-order valence-corrected chi connectivity index (χ0v) is 9.78. The van der Waals surface area contributed by atoms with E-state index in [1.165, 1.54) is 12.1 Å². The van der Waals surface area contributed by atoms with Gasteiger partial charge in [0, 0.05) is 29.9 Å². The Morgan fingerprint density at radius 2 is 2.12 bits per heavy atom. The third-order valence-electron chi connectivity index (χ3n) is 2.42. The Balaban J connectivity index is 3.03. The second-order valence-electron chi connectivity index (χ2n) is 4.47. The molecule has 0 amide bonds. The van der Waals surface area contributed by atoms with Gasteiger partial charge in [-0.05, 0) is 26.3 Å². The summed E-state index contributed by atoms with van der Waals surface area (Å²) in [6.45, 7) is 6.25. The number of anilines is 1. The van der Waals surface area contributed by atoms with Crippen LogP contribution in [0.1, 0.15) is 19.4 Å². The summed E-state index contributed by atoms with van der Waals surface area (Å²) in [6.07, 6.45) is 0. The molecule has 88 valence electrons. The molecule has 0 aliphatic carbocycles. The molecule has 1 aromatic rings. The smallest absolute Gasteiger partial charge is 0.271 e. The molecule has 16 heavy (non-hydrogen) atoms. The highest BCUT2D eigenvalue weighted by Gasteiger charge is 2.17. The van der Waals surface area contributed by atoms with Crippen LogP contribution in [0.5, 0.6) is 0 Å². The van der Waals surface area contributed by atoms with E-state index in [4.69, 9.17) is 5.73 Å². The number of nitrogens with two attached hydrogens (primary N) is 1. The van der Waals surface area contributed by atoms with Crippen LogP contribution in [0, 0.1) is 17.0 Å². The van der Waals surface area contributed by atoms with Crippen molar-refractivity contribution in [1.29, 1.82) is 0 Å². The van der Waals surface area contributed by atoms with Gasteiger partial charge in [0.15, 0.2) is 0 Å². The molecule has 0 saturated heterocycles. The Labute approximate surface area is 94.8 Å². The Kier molecular flexibility index (Phi) is 3.49. The van der Waals surface area contributed by atoms with Gasteiger partial charge in [-0.3, -0.25) is 10.1 Å². The number of nitro benzene ring substituents is 1. The lowest BCUT2D eigenvalue weighted by Gasteiger charge is -2.26. The fourth-order valence-corrected chi connectivity index (χ4v) is 1.27. The van der Waals surface area contributed by atoms with Crippen LogP contribution < -0.4 is 11.1 Å². The van der Waals surface area contributed by atoms with Crippen molar-refractivity contribution < 1.29 is 4.92 Å². The van der Waals surface area contributed by atoms with Crippen LogP contribution in [0.4, 0.5) is 11.4 Å². The zero-order valence-electron chi connectivity index (χ0n) is 9.78.